The zero-order valence-electron chi connectivity index (χ0n) is 15.4. The van der Waals surface area contributed by atoms with Crippen LogP contribution >= 0.6 is 0 Å². The minimum absolute atomic E-state index is 0.0409. The van der Waals surface area contributed by atoms with Crippen LogP contribution in [0.3, 0.4) is 0 Å². The Morgan fingerprint density at radius 2 is 1.72 bits per heavy atom. The Hall–Kier alpha value is -3.13. The third kappa shape index (κ3) is 4.83. The third-order valence-electron chi connectivity index (χ3n) is 4.72. The fourth-order valence-electron chi connectivity index (χ4n) is 2.86. The van der Waals surface area contributed by atoms with Crippen molar-refractivity contribution in [3.63, 3.8) is 0 Å². The topological polar surface area (TPSA) is 67.4 Å². The first-order valence-electron chi connectivity index (χ1n) is 8.88. The Labute approximate surface area is 165 Å². The van der Waals surface area contributed by atoms with E-state index in [9.17, 15) is 22.8 Å². The number of rotatable bonds is 7. The van der Waals surface area contributed by atoms with Crippen LogP contribution in [0.5, 0.6) is 0 Å². The minimum atomic E-state index is -1.12. The number of hydrogen-bond donors (Lipinski definition) is 2. The highest BCUT2D eigenvalue weighted by molar-refractivity contribution is 5.96. The molecule has 8 heteroatoms. The van der Waals surface area contributed by atoms with E-state index in [0.29, 0.717) is 17.8 Å². The molecule has 2 amide bonds. The predicted octanol–water partition coefficient (Wildman–Crippen LogP) is 3.78. The number of allylic oxidation sites excluding steroid dienone is 1. The summed E-state index contributed by atoms with van der Waals surface area (Å²) in [6, 6.07) is 8.24. The maximum atomic E-state index is 13.3. The predicted molar refractivity (Wildman–Crippen MR) is 100 cm³/mol. The summed E-state index contributed by atoms with van der Waals surface area (Å²) in [6.45, 7) is 4.19. The van der Waals surface area contributed by atoms with Gasteiger partial charge in [0.1, 0.15) is 5.82 Å². The zero-order valence-corrected chi connectivity index (χ0v) is 15.4. The van der Waals surface area contributed by atoms with Gasteiger partial charge in [0.15, 0.2) is 11.6 Å². The Morgan fingerprint density at radius 3 is 2.31 bits per heavy atom. The van der Waals surface area contributed by atoms with Gasteiger partial charge in [-0.15, -0.1) is 0 Å². The van der Waals surface area contributed by atoms with Gasteiger partial charge in [0.25, 0.3) is 5.91 Å². The van der Waals surface area contributed by atoms with E-state index in [1.54, 1.807) is 0 Å². The highest BCUT2D eigenvalue weighted by atomic mass is 19.2. The van der Waals surface area contributed by atoms with Crippen molar-refractivity contribution in [1.29, 1.82) is 0 Å². The number of benzene rings is 2. The number of hydrogen-bond acceptors (Lipinski definition) is 3. The number of amides is 2. The SMILES string of the molecule is C=C(CCC1(C(=O)Nc2ccc(F)cc2)COC1)NC(=O)c1ccc(F)c(F)c1. The molecule has 0 aliphatic carbocycles. The highest BCUT2D eigenvalue weighted by Gasteiger charge is 2.45. The molecule has 1 fully saturated rings. The average Bonchev–Trinajstić information content (AvgIpc) is 2.65. The largest absolute Gasteiger partial charge is 0.379 e. The molecular formula is C21H19F3N2O3. The van der Waals surface area contributed by atoms with E-state index in [1.807, 2.05) is 0 Å². The van der Waals surface area contributed by atoms with E-state index in [1.165, 1.54) is 30.3 Å². The highest BCUT2D eigenvalue weighted by Crippen LogP contribution is 2.35. The van der Waals surface area contributed by atoms with Gasteiger partial charge in [-0.05, 0) is 55.3 Å². The van der Waals surface area contributed by atoms with E-state index in [2.05, 4.69) is 17.2 Å². The van der Waals surface area contributed by atoms with E-state index >= 15 is 0 Å². The maximum Gasteiger partial charge on any atom is 0.255 e. The fraction of sp³-hybridized carbons (Fsp3) is 0.238. The van der Waals surface area contributed by atoms with Crippen LogP contribution < -0.4 is 10.6 Å². The molecule has 1 heterocycles. The van der Waals surface area contributed by atoms with E-state index in [4.69, 9.17) is 4.74 Å². The molecule has 0 radical (unpaired) electrons. The van der Waals surface area contributed by atoms with Gasteiger partial charge in [0, 0.05) is 16.9 Å². The molecule has 0 spiro atoms. The number of anilines is 1. The summed E-state index contributed by atoms with van der Waals surface area (Å²) in [5, 5.41) is 5.26. The second-order valence-electron chi connectivity index (χ2n) is 6.92. The first-order valence-corrected chi connectivity index (χ1v) is 8.88. The monoisotopic (exact) mass is 404 g/mol. The van der Waals surface area contributed by atoms with Crippen molar-refractivity contribution in [2.75, 3.05) is 18.5 Å². The number of nitrogens with one attached hydrogen (secondary N) is 2. The van der Waals surface area contributed by atoms with Gasteiger partial charge in [0.2, 0.25) is 5.91 Å². The van der Waals surface area contributed by atoms with Crippen molar-refractivity contribution in [1.82, 2.24) is 5.32 Å². The first kappa shape index (κ1) is 20.6. The van der Waals surface area contributed by atoms with Gasteiger partial charge in [-0.1, -0.05) is 6.58 Å². The number of ether oxygens (including phenoxy) is 1. The zero-order chi connectivity index (χ0) is 21.0. The summed E-state index contributed by atoms with van der Waals surface area (Å²) in [7, 11) is 0. The van der Waals surface area contributed by atoms with Crippen LogP contribution in [-0.2, 0) is 9.53 Å². The summed E-state index contributed by atoms with van der Waals surface area (Å²) in [5.74, 6) is -3.46. The van der Waals surface area contributed by atoms with Crippen LogP contribution in [0.15, 0.2) is 54.7 Å². The summed E-state index contributed by atoms with van der Waals surface area (Å²) in [5.41, 5.74) is -0.0288. The molecule has 1 aliphatic rings. The van der Waals surface area contributed by atoms with Crippen molar-refractivity contribution in [2.24, 2.45) is 5.41 Å². The normalized spacial score (nSPS) is 14.6. The van der Waals surface area contributed by atoms with Crippen LogP contribution in [0.4, 0.5) is 18.9 Å². The number of carbonyl (C=O) groups excluding carboxylic acids is 2. The smallest absolute Gasteiger partial charge is 0.255 e. The lowest BCUT2D eigenvalue weighted by Gasteiger charge is -2.40. The second-order valence-corrected chi connectivity index (χ2v) is 6.92. The van der Waals surface area contributed by atoms with Crippen LogP contribution in [0.2, 0.25) is 0 Å². The number of carbonyl (C=O) groups is 2. The van der Waals surface area contributed by atoms with E-state index < -0.39 is 28.8 Å². The molecule has 5 nitrogen and oxygen atoms in total. The molecule has 0 saturated carbocycles. The van der Waals surface area contributed by atoms with Crippen LogP contribution in [-0.4, -0.2) is 25.0 Å². The van der Waals surface area contributed by atoms with Gasteiger partial charge < -0.3 is 15.4 Å². The van der Waals surface area contributed by atoms with Crippen molar-refractivity contribution in [2.45, 2.75) is 12.8 Å². The summed E-state index contributed by atoms with van der Waals surface area (Å²) >= 11 is 0. The third-order valence-corrected chi connectivity index (χ3v) is 4.72. The van der Waals surface area contributed by atoms with E-state index in [-0.39, 0.29) is 31.1 Å². The Bertz CT molecular complexity index is 941. The number of halogens is 3. The lowest BCUT2D eigenvalue weighted by atomic mass is 9.79. The second kappa shape index (κ2) is 8.48. The molecule has 1 saturated heterocycles. The van der Waals surface area contributed by atoms with Crippen molar-refractivity contribution in [3.05, 3.63) is 77.8 Å². The molecule has 3 rings (SSSR count). The molecule has 2 aromatic carbocycles. The van der Waals surface area contributed by atoms with Crippen LogP contribution in [0.25, 0.3) is 0 Å². The Balaban J connectivity index is 1.55. The van der Waals surface area contributed by atoms with E-state index in [0.717, 1.165) is 12.1 Å². The van der Waals surface area contributed by atoms with Gasteiger partial charge in [-0.2, -0.15) is 0 Å². The molecular weight excluding hydrogens is 385 g/mol. The standard InChI is InChI=1S/C21H19F3N2O3/c1-13(25-19(27)14-2-7-17(23)18(24)10-14)8-9-21(11-29-12-21)20(28)26-16-5-3-15(22)4-6-16/h2-7,10H,1,8-9,11-12H2,(H,25,27)(H,26,28). The molecule has 0 aromatic heterocycles. The maximum absolute atomic E-state index is 13.3. The van der Waals surface area contributed by atoms with Gasteiger partial charge in [-0.25, -0.2) is 13.2 Å². The van der Waals surface area contributed by atoms with Gasteiger partial charge in [-0.3, -0.25) is 9.59 Å². The summed E-state index contributed by atoms with van der Waals surface area (Å²) < 4.78 is 44.5. The molecule has 2 aromatic rings. The van der Waals surface area contributed by atoms with Crippen molar-refractivity contribution < 1.29 is 27.5 Å². The van der Waals surface area contributed by atoms with Gasteiger partial charge in [0.05, 0.1) is 18.6 Å². The average molecular weight is 404 g/mol. The minimum Gasteiger partial charge on any atom is -0.379 e. The van der Waals surface area contributed by atoms with Crippen LogP contribution in [0, 0.1) is 22.9 Å². The molecule has 0 unspecified atom stereocenters. The fourth-order valence-corrected chi connectivity index (χ4v) is 2.86. The first-order chi connectivity index (χ1) is 13.8. The van der Waals surface area contributed by atoms with Crippen LogP contribution in [0.1, 0.15) is 23.2 Å². The lowest BCUT2D eigenvalue weighted by Crippen LogP contribution is -2.51. The molecule has 2 N–H and O–H groups in total. The molecule has 152 valence electrons. The van der Waals surface area contributed by atoms with Crippen molar-refractivity contribution >= 4 is 17.5 Å². The van der Waals surface area contributed by atoms with Crippen molar-refractivity contribution in [3.8, 4) is 0 Å². The Morgan fingerprint density at radius 1 is 1.03 bits per heavy atom. The quantitative estimate of drug-likeness (QED) is 0.738. The van der Waals surface area contributed by atoms with Gasteiger partial charge >= 0.3 is 0 Å². The molecule has 0 bridgehead atoms. The molecule has 29 heavy (non-hydrogen) atoms. The molecule has 0 atom stereocenters. The summed E-state index contributed by atoms with van der Waals surface area (Å²) in [4.78, 5) is 24.8. The Kier molecular flexibility index (Phi) is 6.03. The molecule has 1 aliphatic heterocycles. The summed E-state index contributed by atoms with van der Waals surface area (Å²) in [6.07, 6.45) is 0.645. The lowest BCUT2D eigenvalue weighted by molar-refractivity contribution is -0.157.